The quantitative estimate of drug-likeness (QED) is 0.427. The standard InChI is InChI=1S/C24H23N3O3S/c1-28-18-8-5-9-19(14-18)30-23-22-20(17-6-3-2-4-7-17)16-31-24(22)26-21(25-23)15-27-10-12-29-13-11-27/h2-9,14,16H,10-13,15H2,1H3. The zero-order valence-electron chi connectivity index (χ0n) is 17.3. The number of benzene rings is 2. The summed E-state index contributed by atoms with van der Waals surface area (Å²) in [5, 5.41) is 3.07. The van der Waals surface area contributed by atoms with Gasteiger partial charge in [0.1, 0.15) is 22.2 Å². The molecule has 0 atom stereocenters. The van der Waals surface area contributed by atoms with E-state index in [1.165, 1.54) is 0 Å². The zero-order valence-corrected chi connectivity index (χ0v) is 18.1. The smallest absolute Gasteiger partial charge is 0.232 e. The molecule has 0 radical (unpaired) electrons. The molecule has 0 aliphatic carbocycles. The minimum absolute atomic E-state index is 0.571. The van der Waals surface area contributed by atoms with Crippen molar-refractivity contribution in [2.45, 2.75) is 6.54 Å². The molecule has 3 heterocycles. The Morgan fingerprint density at radius 2 is 1.81 bits per heavy atom. The fraction of sp³-hybridized carbons (Fsp3) is 0.250. The van der Waals surface area contributed by atoms with Crippen molar-refractivity contribution < 1.29 is 14.2 Å². The number of ether oxygens (including phenoxy) is 3. The maximum absolute atomic E-state index is 6.32. The van der Waals surface area contributed by atoms with Crippen LogP contribution < -0.4 is 9.47 Å². The molecule has 6 nitrogen and oxygen atoms in total. The Bertz CT molecular complexity index is 1170. The monoisotopic (exact) mass is 433 g/mol. The average Bonchev–Trinajstić information content (AvgIpc) is 3.25. The summed E-state index contributed by atoms with van der Waals surface area (Å²) in [6.07, 6.45) is 0. The van der Waals surface area contributed by atoms with Gasteiger partial charge in [0.15, 0.2) is 0 Å². The lowest BCUT2D eigenvalue weighted by Crippen LogP contribution is -2.36. The molecule has 1 aliphatic heterocycles. The predicted octanol–water partition coefficient (Wildman–Crippen LogP) is 4.99. The molecule has 0 unspecified atom stereocenters. The minimum Gasteiger partial charge on any atom is -0.497 e. The number of aromatic nitrogens is 2. The first-order chi connectivity index (χ1) is 15.3. The summed E-state index contributed by atoms with van der Waals surface area (Å²) in [5.74, 6) is 2.75. The van der Waals surface area contributed by atoms with Gasteiger partial charge in [0.25, 0.3) is 0 Å². The second kappa shape index (κ2) is 9.01. The summed E-state index contributed by atoms with van der Waals surface area (Å²) >= 11 is 1.62. The minimum atomic E-state index is 0.571. The molecular weight excluding hydrogens is 410 g/mol. The number of hydrogen-bond acceptors (Lipinski definition) is 7. The van der Waals surface area contributed by atoms with Crippen LogP contribution in [0.3, 0.4) is 0 Å². The maximum Gasteiger partial charge on any atom is 0.232 e. The van der Waals surface area contributed by atoms with Gasteiger partial charge < -0.3 is 14.2 Å². The Morgan fingerprint density at radius 1 is 1.00 bits per heavy atom. The third-order valence-corrected chi connectivity index (χ3v) is 6.13. The molecule has 1 fully saturated rings. The van der Waals surface area contributed by atoms with E-state index in [1.54, 1.807) is 18.4 Å². The molecule has 0 amide bonds. The van der Waals surface area contributed by atoms with Crippen molar-refractivity contribution in [1.29, 1.82) is 0 Å². The highest BCUT2D eigenvalue weighted by atomic mass is 32.1. The summed E-state index contributed by atoms with van der Waals surface area (Å²) in [7, 11) is 1.65. The van der Waals surface area contributed by atoms with Crippen LogP contribution in [0, 0.1) is 0 Å². The molecule has 1 saturated heterocycles. The first-order valence-corrected chi connectivity index (χ1v) is 11.1. The second-order valence-corrected chi connectivity index (χ2v) is 8.17. The molecule has 1 aliphatic rings. The summed E-state index contributed by atoms with van der Waals surface area (Å²) in [6, 6.07) is 17.9. The first-order valence-electron chi connectivity index (χ1n) is 10.3. The van der Waals surface area contributed by atoms with E-state index >= 15 is 0 Å². The Labute approximate surface area is 185 Å². The summed E-state index contributed by atoms with van der Waals surface area (Å²) < 4.78 is 17.1. The van der Waals surface area contributed by atoms with Crippen molar-refractivity contribution in [3.8, 4) is 28.5 Å². The lowest BCUT2D eigenvalue weighted by molar-refractivity contribution is 0.0330. The van der Waals surface area contributed by atoms with Gasteiger partial charge in [-0.25, -0.2) is 4.98 Å². The molecule has 0 N–H and O–H groups in total. The Kier molecular flexibility index (Phi) is 5.80. The van der Waals surface area contributed by atoms with Crippen LogP contribution in [0.15, 0.2) is 60.0 Å². The number of morpholine rings is 1. The maximum atomic E-state index is 6.32. The molecule has 0 spiro atoms. The van der Waals surface area contributed by atoms with Crippen molar-refractivity contribution in [3.63, 3.8) is 0 Å². The topological polar surface area (TPSA) is 56.7 Å². The first kappa shape index (κ1) is 19.9. The molecule has 0 saturated carbocycles. The third kappa shape index (κ3) is 4.39. The van der Waals surface area contributed by atoms with Gasteiger partial charge >= 0.3 is 0 Å². The van der Waals surface area contributed by atoms with Gasteiger partial charge in [-0.15, -0.1) is 11.3 Å². The molecule has 158 valence electrons. The van der Waals surface area contributed by atoms with Crippen LogP contribution >= 0.6 is 11.3 Å². The fourth-order valence-corrected chi connectivity index (χ4v) is 4.62. The van der Waals surface area contributed by atoms with Gasteiger partial charge in [-0.3, -0.25) is 4.90 Å². The number of methoxy groups -OCH3 is 1. The van der Waals surface area contributed by atoms with E-state index in [4.69, 9.17) is 24.2 Å². The largest absolute Gasteiger partial charge is 0.497 e. The van der Waals surface area contributed by atoms with Gasteiger partial charge in [-0.1, -0.05) is 36.4 Å². The molecule has 0 bridgehead atoms. The van der Waals surface area contributed by atoms with Gasteiger partial charge in [0.05, 0.1) is 32.3 Å². The van der Waals surface area contributed by atoms with Crippen LogP contribution in [-0.4, -0.2) is 48.3 Å². The molecule has 7 heteroatoms. The highest BCUT2D eigenvalue weighted by Crippen LogP contribution is 2.40. The van der Waals surface area contributed by atoms with Crippen LogP contribution in [0.2, 0.25) is 0 Å². The lowest BCUT2D eigenvalue weighted by Gasteiger charge is -2.25. The molecule has 2 aromatic heterocycles. The Morgan fingerprint density at radius 3 is 2.61 bits per heavy atom. The third-order valence-electron chi connectivity index (χ3n) is 5.26. The number of nitrogens with zero attached hydrogens (tertiary/aromatic N) is 3. The van der Waals surface area contributed by atoms with Crippen molar-refractivity contribution in [1.82, 2.24) is 14.9 Å². The van der Waals surface area contributed by atoms with Gasteiger partial charge in [0.2, 0.25) is 5.88 Å². The zero-order chi connectivity index (χ0) is 21.0. The van der Waals surface area contributed by atoms with E-state index in [2.05, 4.69) is 22.4 Å². The normalized spacial score (nSPS) is 14.6. The average molecular weight is 434 g/mol. The molecule has 2 aromatic carbocycles. The van der Waals surface area contributed by atoms with E-state index in [9.17, 15) is 0 Å². The number of rotatable bonds is 6. The van der Waals surface area contributed by atoms with Crippen LogP contribution in [0.4, 0.5) is 0 Å². The summed E-state index contributed by atoms with van der Waals surface area (Å²) in [6.45, 7) is 3.92. The van der Waals surface area contributed by atoms with E-state index in [-0.39, 0.29) is 0 Å². The van der Waals surface area contributed by atoms with Crippen molar-refractivity contribution in [2.75, 3.05) is 33.4 Å². The van der Waals surface area contributed by atoms with Crippen molar-refractivity contribution in [3.05, 3.63) is 65.8 Å². The second-order valence-electron chi connectivity index (χ2n) is 7.31. The van der Waals surface area contributed by atoms with Gasteiger partial charge in [0, 0.05) is 30.1 Å². The van der Waals surface area contributed by atoms with Crippen molar-refractivity contribution in [2.24, 2.45) is 0 Å². The van der Waals surface area contributed by atoms with Gasteiger partial charge in [-0.05, 0) is 17.7 Å². The van der Waals surface area contributed by atoms with E-state index in [1.807, 2.05) is 42.5 Å². The number of hydrogen-bond donors (Lipinski definition) is 0. The van der Waals surface area contributed by atoms with Gasteiger partial charge in [-0.2, -0.15) is 4.98 Å². The Hall–Kier alpha value is -3.00. The van der Waals surface area contributed by atoms with Crippen molar-refractivity contribution >= 4 is 21.6 Å². The number of thiophene rings is 1. The highest BCUT2D eigenvalue weighted by molar-refractivity contribution is 7.17. The SMILES string of the molecule is COc1cccc(Oc2nc(CN3CCOCC3)nc3scc(-c4ccccc4)c23)c1. The molecule has 4 aromatic rings. The van der Waals surface area contributed by atoms with Crippen LogP contribution in [0.25, 0.3) is 21.3 Å². The lowest BCUT2D eigenvalue weighted by atomic mass is 10.1. The number of fused-ring (bicyclic) bond motifs is 1. The van der Waals surface area contributed by atoms with Crippen LogP contribution in [0.1, 0.15) is 5.82 Å². The molecular formula is C24H23N3O3S. The Balaban J connectivity index is 1.58. The summed E-state index contributed by atoms with van der Waals surface area (Å²) in [5.41, 5.74) is 2.20. The highest BCUT2D eigenvalue weighted by Gasteiger charge is 2.19. The predicted molar refractivity (Wildman–Crippen MR) is 122 cm³/mol. The summed E-state index contributed by atoms with van der Waals surface area (Å²) in [4.78, 5) is 13.0. The van der Waals surface area contributed by atoms with E-state index in [0.29, 0.717) is 18.2 Å². The molecule has 5 rings (SSSR count). The van der Waals surface area contributed by atoms with E-state index in [0.717, 1.165) is 59.2 Å². The molecule has 31 heavy (non-hydrogen) atoms. The van der Waals surface area contributed by atoms with E-state index < -0.39 is 0 Å². The van der Waals surface area contributed by atoms with Crippen LogP contribution in [0.5, 0.6) is 17.4 Å². The fourth-order valence-electron chi connectivity index (χ4n) is 3.66. The van der Waals surface area contributed by atoms with Crippen LogP contribution in [-0.2, 0) is 11.3 Å².